The molecule has 2 aromatic carbocycles. The fourth-order valence-electron chi connectivity index (χ4n) is 2.26. The standard InChI is InChI=1S/C20H13BrO4S/c21-18-11-10-17(26-18)16(22)12-25-20(24)15-8-6-14(7-9-15)19(23)13-4-2-1-3-5-13/h1-11H,12H2. The van der Waals surface area contributed by atoms with Gasteiger partial charge < -0.3 is 4.74 Å². The van der Waals surface area contributed by atoms with Crippen LogP contribution >= 0.6 is 27.3 Å². The summed E-state index contributed by atoms with van der Waals surface area (Å²) in [5.41, 5.74) is 1.34. The molecule has 0 aliphatic carbocycles. The minimum atomic E-state index is -0.604. The van der Waals surface area contributed by atoms with Crippen LogP contribution in [0.15, 0.2) is 70.5 Å². The van der Waals surface area contributed by atoms with E-state index in [2.05, 4.69) is 15.9 Å². The van der Waals surface area contributed by atoms with Crippen LogP contribution in [0.1, 0.15) is 36.0 Å². The number of hydrogen-bond acceptors (Lipinski definition) is 5. The zero-order valence-corrected chi connectivity index (χ0v) is 15.9. The maximum Gasteiger partial charge on any atom is 0.338 e. The van der Waals surface area contributed by atoms with Crippen molar-refractivity contribution in [1.82, 2.24) is 0 Å². The van der Waals surface area contributed by atoms with Gasteiger partial charge in [-0.25, -0.2) is 4.79 Å². The smallest absolute Gasteiger partial charge is 0.338 e. The van der Waals surface area contributed by atoms with Crippen molar-refractivity contribution in [1.29, 1.82) is 0 Å². The molecule has 0 saturated heterocycles. The molecule has 0 N–H and O–H groups in total. The zero-order valence-electron chi connectivity index (χ0n) is 13.5. The van der Waals surface area contributed by atoms with E-state index in [9.17, 15) is 14.4 Å². The van der Waals surface area contributed by atoms with Crippen LogP contribution in [0, 0.1) is 0 Å². The highest BCUT2D eigenvalue weighted by Gasteiger charge is 2.14. The Balaban J connectivity index is 1.62. The first kappa shape index (κ1) is 18.2. The molecule has 0 aliphatic heterocycles. The zero-order chi connectivity index (χ0) is 18.5. The van der Waals surface area contributed by atoms with E-state index in [1.165, 1.54) is 23.5 Å². The quantitative estimate of drug-likeness (QED) is 0.418. The predicted molar refractivity (Wildman–Crippen MR) is 103 cm³/mol. The van der Waals surface area contributed by atoms with Crippen LogP contribution in [0.3, 0.4) is 0 Å². The van der Waals surface area contributed by atoms with Gasteiger partial charge in [0.25, 0.3) is 0 Å². The van der Waals surface area contributed by atoms with E-state index >= 15 is 0 Å². The number of halogens is 1. The highest BCUT2D eigenvalue weighted by atomic mass is 79.9. The molecule has 6 heteroatoms. The summed E-state index contributed by atoms with van der Waals surface area (Å²) in [7, 11) is 0. The van der Waals surface area contributed by atoms with Crippen LogP contribution in [0.2, 0.25) is 0 Å². The number of Topliss-reactive ketones (excluding diaryl/α,β-unsaturated/α-hetero) is 1. The van der Waals surface area contributed by atoms with Crippen molar-refractivity contribution < 1.29 is 19.1 Å². The third-order valence-corrected chi connectivity index (χ3v) is 5.27. The van der Waals surface area contributed by atoms with Crippen LogP contribution < -0.4 is 0 Å². The summed E-state index contributed by atoms with van der Waals surface area (Å²) in [6.45, 7) is -0.323. The molecule has 0 saturated carbocycles. The van der Waals surface area contributed by atoms with Crippen LogP contribution in [-0.2, 0) is 4.74 Å². The second-order valence-corrected chi connectivity index (χ2v) is 7.84. The summed E-state index contributed by atoms with van der Waals surface area (Å²) in [5.74, 6) is -0.985. The molecule has 0 fully saturated rings. The molecule has 0 bridgehead atoms. The summed E-state index contributed by atoms with van der Waals surface area (Å²) >= 11 is 4.57. The van der Waals surface area contributed by atoms with E-state index < -0.39 is 5.97 Å². The number of esters is 1. The van der Waals surface area contributed by atoms with Gasteiger partial charge in [-0.05, 0) is 40.2 Å². The molecule has 0 radical (unpaired) electrons. The fourth-order valence-corrected chi connectivity index (χ4v) is 3.57. The summed E-state index contributed by atoms with van der Waals surface area (Å²) in [4.78, 5) is 36.9. The van der Waals surface area contributed by atoms with Crippen molar-refractivity contribution in [2.45, 2.75) is 0 Å². The van der Waals surface area contributed by atoms with Crippen molar-refractivity contribution in [3.8, 4) is 0 Å². The molecule has 3 rings (SSSR count). The van der Waals surface area contributed by atoms with Gasteiger partial charge in [-0.2, -0.15) is 0 Å². The Morgan fingerprint density at radius 3 is 2.04 bits per heavy atom. The topological polar surface area (TPSA) is 60.4 Å². The van der Waals surface area contributed by atoms with Crippen molar-refractivity contribution in [3.63, 3.8) is 0 Å². The summed E-state index contributed by atoms with van der Waals surface area (Å²) in [6, 6.07) is 18.5. The van der Waals surface area contributed by atoms with Gasteiger partial charge in [0.1, 0.15) is 0 Å². The molecule has 1 heterocycles. The van der Waals surface area contributed by atoms with E-state index in [-0.39, 0.29) is 23.7 Å². The van der Waals surface area contributed by atoms with Gasteiger partial charge in [-0.1, -0.05) is 42.5 Å². The number of ketones is 2. The molecule has 1 aromatic heterocycles. The highest BCUT2D eigenvalue weighted by molar-refractivity contribution is 9.11. The van der Waals surface area contributed by atoms with Gasteiger partial charge in [0, 0.05) is 11.1 Å². The molecule has 0 unspecified atom stereocenters. The van der Waals surface area contributed by atoms with Gasteiger partial charge in [0.15, 0.2) is 12.4 Å². The number of rotatable bonds is 6. The SMILES string of the molecule is O=C(OCC(=O)c1ccc(Br)s1)c1ccc(C(=O)c2ccccc2)cc1. The highest BCUT2D eigenvalue weighted by Crippen LogP contribution is 2.22. The van der Waals surface area contributed by atoms with E-state index in [1.807, 2.05) is 6.07 Å². The average Bonchev–Trinajstić information content (AvgIpc) is 3.12. The molecule has 26 heavy (non-hydrogen) atoms. The second kappa shape index (κ2) is 8.21. The number of ether oxygens (including phenoxy) is 1. The molecular formula is C20H13BrO4S. The number of thiophene rings is 1. The maximum absolute atomic E-state index is 12.3. The van der Waals surface area contributed by atoms with Crippen LogP contribution in [0.4, 0.5) is 0 Å². The number of hydrogen-bond donors (Lipinski definition) is 0. The first-order valence-electron chi connectivity index (χ1n) is 7.70. The van der Waals surface area contributed by atoms with Gasteiger partial charge >= 0.3 is 5.97 Å². The van der Waals surface area contributed by atoms with Gasteiger partial charge in [0.2, 0.25) is 5.78 Å². The van der Waals surface area contributed by atoms with Gasteiger partial charge in [-0.15, -0.1) is 11.3 Å². The summed E-state index contributed by atoms with van der Waals surface area (Å²) < 4.78 is 5.90. The largest absolute Gasteiger partial charge is 0.454 e. The first-order chi connectivity index (χ1) is 12.5. The monoisotopic (exact) mass is 428 g/mol. The molecule has 0 spiro atoms. The Kier molecular flexibility index (Phi) is 5.75. The van der Waals surface area contributed by atoms with E-state index in [4.69, 9.17) is 4.74 Å². The van der Waals surface area contributed by atoms with Crippen molar-refractivity contribution in [2.24, 2.45) is 0 Å². The predicted octanol–water partition coefficient (Wildman–Crippen LogP) is 4.78. The normalized spacial score (nSPS) is 10.3. The Morgan fingerprint density at radius 1 is 0.808 bits per heavy atom. The van der Waals surface area contributed by atoms with Crippen LogP contribution in [0.5, 0.6) is 0 Å². The maximum atomic E-state index is 12.3. The lowest BCUT2D eigenvalue weighted by Crippen LogP contribution is -2.13. The molecular weight excluding hydrogens is 416 g/mol. The average molecular weight is 429 g/mol. The minimum absolute atomic E-state index is 0.121. The lowest BCUT2D eigenvalue weighted by molar-refractivity contribution is 0.0475. The van der Waals surface area contributed by atoms with Crippen LogP contribution in [0.25, 0.3) is 0 Å². The molecule has 0 atom stereocenters. The molecule has 0 amide bonds. The molecule has 4 nitrogen and oxygen atoms in total. The second-order valence-electron chi connectivity index (χ2n) is 5.38. The van der Waals surface area contributed by atoms with E-state index in [0.717, 1.165) is 3.79 Å². The first-order valence-corrected chi connectivity index (χ1v) is 9.31. The number of carbonyl (C=O) groups excluding carboxylic acids is 3. The van der Waals surface area contributed by atoms with E-state index in [1.54, 1.807) is 48.5 Å². The Morgan fingerprint density at radius 2 is 1.42 bits per heavy atom. The Labute approximate surface area is 162 Å². The summed E-state index contributed by atoms with van der Waals surface area (Å²) in [5, 5.41) is 0. The third-order valence-electron chi connectivity index (χ3n) is 3.60. The molecule has 3 aromatic rings. The number of carbonyl (C=O) groups is 3. The Bertz CT molecular complexity index is 945. The molecule has 0 aliphatic rings. The van der Waals surface area contributed by atoms with E-state index in [0.29, 0.717) is 16.0 Å². The third kappa shape index (κ3) is 4.33. The van der Waals surface area contributed by atoms with Gasteiger partial charge in [0.05, 0.1) is 14.2 Å². The minimum Gasteiger partial charge on any atom is -0.454 e. The van der Waals surface area contributed by atoms with Crippen molar-refractivity contribution in [3.05, 3.63) is 92.1 Å². The van der Waals surface area contributed by atoms with Crippen molar-refractivity contribution in [2.75, 3.05) is 6.61 Å². The fraction of sp³-hybridized carbons (Fsp3) is 0.0500. The van der Waals surface area contributed by atoms with Crippen LogP contribution in [-0.4, -0.2) is 24.1 Å². The van der Waals surface area contributed by atoms with Gasteiger partial charge in [-0.3, -0.25) is 9.59 Å². The number of benzene rings is 2. The summed E-state index contributed by atoms with van der Waals surface area (Å²) in [6.07, 6.45) is 0. The molecule has 130 valence electrons. The lowest BCUT2D eigenvalue weighted by atomic mass is 10.0. The lowest BCUT2D eigenvalue weighted by Gasteiger charge is -2.05. The van der Waals surface area contributed by atoms with Crippen molar-refractivity contribution >= 4 is 44.8 Å². The Hall–Kier alpha value is -2.57.